The molecule has 1 fully saturated rings. The predicted octanol–water partition coefficient (Wildman–Crippen LogP) is 6.02. The first kappa shape index (κ1) is 24.5. The Morgan fingerprint density at radius 3 is 2.75 bits per heavy atom. The zero-order chi connectivity index (χ0) is 25.4. The summed E-state index contributed by atoms with van der Waals surface area (Å²) in [6.07, 6.45) is 7.21. The van der Waals surface area contributed by atoms with Gasteiger partial charge in [0.05, 0.1) is 23.3 Å². The van der Waals surface area contributed by atoms with Crippen molar-refractivity contribution < 1.29 is 14.1 Å². The Balaban J connectivity index is 1.47. The lowest BCUT2D eigenvalue weighted by Gasteiger charge is -2.26. The van der Waals surface area contributed by atoms with E-state index < -0.39 is 22.7 Å². The summed E-state index contributed by atoms with van der Waals surface area (Å²) in [5, 5.41) is 20.3. The maximum absolute atomic E-state index is 14.3. The van der Waals surface area contributed by atoms with Gasteiger partial charge in [-0.05, 0) is 86.2 Å². The van der Waals surface area contributed by atoms with Crippen molar-refractivity contribution in [2.75, 3.05) is 0 Å². The van der Waals surface area contributed by atoms with Gasteiger partial charge in [0.1, 0.15) is 22.9 Å². The zero-order valence-corrected chi connectivity index (χ0v) is 22.2. The van der Waals surface area contributed by atoms with Crippen LogP contribution in [0.25, 0.3) is 11.4 Å². The van der Waals surface area contributed by atoms with Crippen molar-refractivity contribution in [3.05, 3.63) is 79.1 Å². The number of pyridine rings is 1. The van der Waals surface area contributed by atoms with Gasteiger partial charge >= 0.3 is 5.82 Å². The molecule has 3 heterocycles. The second-order valence-corrected chi connectivity index (χ2v) is 10.1. The number of rotatable bonds is 8. The average molecular weight is 621 g/mol. The maximum Gasteiger partial charge on any atom is 0.406 e. The first-order chi connectivity index (χ1) is 17.3. The van der Waals surface area contributed by atoms with Crippen LogP contribution in [0.15, 0.2) is 52.1 Å². The summed E-state index contributed by atoms with van der Waals surface area (Å²) in [7, 11) is 0. The minimum Gasteiger partial charge on any atom is -0.478 e. The first-order valence-electron chi connectivity index (χ1n) is 11.2. The maximum atomic E-state index is 14.3. The van der Waals surface area contributed by atoms with Gasteiger partial charge in [0.15, 0.2) is 12.0 Å². The lowest BCUT2D eigenvalue weighted by Crippen LogP contribution is -2.18. The molecule has 3 aromatic heterocycles. The monoisotopic (exact) mass is 619 g/mol. The summed E-state index contributed by atoms with van der Waals surface area (Å²) in [6, 6.07) is 6.13. The molecule has 13 heteroatoms. The van der Waals surface area contributed by atoms with Gasteiger partial charge in [-0.2, -0.15) is 10.2 Å². The highest BCUT2D eigenvalue weighted by Gasteiger charge is 2.26. The third kappa shape index (κ3) is 4.76. The number of hydrogen-bond acceptors (Lipinski definition) is 7. The fourth-order valence-corrected chi connectivity index (χ4v) is 5.01. The predicted molar refractivity (Wildman–Crippen MR) is 135 cm³/mol. The van der Waals surface area contributed by atoms with Crippen LogP contribution in [-0.4, -0.2) is 34.5 Å². The largest absolute Gasteiger partial charge is 0.478 e. The quantitative estimate of drug-likeness (QED) is 0.175. The lowest BCUT2D eigenvalue weighted by atomic mass is 9.93. The molecule has 0 radical (unpaired) electrons. The minimum absolute atomic E-state index is 0.0362. The Hall–Kier alpha value is -3.19. The van der Waals surface area contributed by atoms with Gasteiger partial charge in [0.2, 0.25) is 5.75 Å². The van der Waals surface area contributed by atoms with Gasteiger partial charge in [-0.3, -0.25) is 4.68 Å². The third-order valence-electron chi connectivity index (χ3n) is 6.13. The molecule has 0 N–H and O–H groups in total. The SMILES string of the molecule is CC(Oc1cc(Br)cnc1[N+](=O)[O-])c1cc(F)ccc1-c1ncnn1Cc1cnn(C2CCC2)c1Br. The van der Waals surface area contributed by atoms with Crippen LogP contribution >= 0.6 is 31.9 Å². The van der Waals surface area contributed by atoms with Gasteiger partial charge in [0.25, 0.3) is 0 Å². The number of nitro groups is 1. The number of nitrogens with zero attached hydrogens (tertiary/aromatic N) is 7. The van der Waals surface area contributed by atoms with Gasteiger partial charge in [-0.1, -0.05) is 0 Å². The van der Waals surface area contributed by atoms with E-state index in [4.69, 9.17) is 4.74 Å². The Labute approximate surface area is 221 Å². The van der Waals surface area contributed by atoms with Crippen molar-refractivity contribution in [1.29, 1.82) is 0 Å². The van der Waals surface area contributed by atoms with Crippen LogP contribution in [0.2, 0.25) is 0 Å². The third-order valence-corrected chi connectivity index (χ3v) is 7.44. The molecule has 36 heavy (non-hydrogen) atoms. The molecule has 1 saturated carbocycles. The molecule has 4 aromatic rings. The fourth-order valence-electron chi connectivity index (χ4n) is 4.09. The number of aromatic nitrogens is 6. The molecule has 0 amide bonds. The minimum atomic E-state index is -0.760. The van der Waals surface area contributed by atoms with E-state index in [0.717, 1.165) is 23.0 Å². The van der Waals surface area contributed by atoms with Crippen LogP contribution in [0.5, 0.6) is 5.75 Å². The van der Waals surface area contributed by atoms with Crippen LogP contribution in [0.4, 0.5) is 10.2 Å². The summed E-state index contributed by atoms with van der Waals surface area (Å²) in [5.74, 6) is -0.433. The summed E-state index contributed by atoms with van der Waals surface area (Å²) in [6.45, 7) is 2.08. The second-order valence-electron chi connectivity index (χ2n) is 8.46. The molecule has 5 rings (SSSR count). The van der Waals surface area contributed by atoms with E-state index in [1.54, 1.807) is 17.7 Å². The highest BCUT2D eigenvalue weighted by molar-refractivity contribution is 9.10. The molecule has 0 spiro atoms. The van der Waals surface area contributed by atoms with E-state index in [1.807, 2.05) is 10.9 Å². The number of halogens is 3. The van der Waals surface area contributed by atoms with E-state index >= 15 is 0 Å². The standard InChI is InChI=1S/C23H20Br2FN7O3/c1-13(36-20-7-15(24)10-27-23(20)33(34)35)19-8-16(26)5-6-18(19)22-28-12-30-31(22)11-14-9-29-32(21(14)25)17-3-2-4-17/h5-10,12-13,17H,2-4,11H2,1H3. The summed E-state index contributed by atoms with van der Waals surface area (Å²) in [5.41, 5.74) is 2.00. The number of benzene rings is 1. The van der Waals surface area contributed by atoms with Crippen molar-refractivity contribution in [2.45, 2.75) is 44.9 Å². The number of ether oxygens (including phenoxy) is 1. The topological polar surface area (TPSA) is 114 Å². The van der Waals surface area contributed by atoms with Crippen molar-refractivity contribution in [1.82, 2.24) is 29.5 Å². The molecule has 1 aliphatic rings. The van der Waals surface area contributed by atoms with E-state index in [0.29, 0.717) is 34.0 Å². The highest BCUT2D eigenvalue weighted by Crippen LogP contribution is 2.36. The van der Waals surface area contributed by atoms with Crippen molar-refractivity contribution >= 4 is 37.7 Å². The molecular weight excluding hydrogens is 601 g/mol. The molecule has 10 nitrogen and oxygen atoms in total. The lowest BCUT2D eigenvalue weighted by molar-refractivity contribution is -0.390. The van der Waals surface area contributed by atoms with Gasteiger partial charge in [-0.15, -0.1) is 0 Å². The summed E-state index contributed by atoms with van der Waals surface area (Å²) < 4.78 is 25.4. The van der Waals surface area contributed by atoms with Crippen LogP contribution in [0.3, 0.4) is 0 Å². The van der Waals surface area contributed by atoms with Gasteiger partial charge in [0, 0.05) is 22.8 Å². The normalized spacial score (nSPS) is 14.4. The van der Waals surface area contributed by atoms with Crippen molar-refractivity contribution in [3.63, 3.8) is 0 Å². The fraction of sp³-hybridized carbons (Fsp3) is 0.304. The van der Waals surface area contributed by atoms with Crippen LogP contribution in [0.1, 0.15) is 49.5 Å². The molecule has 0 bridgehead atoms. The van der Waals surface area contributed by atoms with Gasteiger partial charge < -0.3 is 14.9 Å². The van der Waals surface area contributed by atoms with Crippen LogP contribution < -0.4 is 4.74 Å². The van der Waals surface area contributed by atoms with E-state index in [1.165, 1.54) is 37.1 Å². The Kier molecular flexibility index (Phi) is 6.84. The van der Waals surface area contributed by atoms with Crippen LogP contribution in [0, 0.1) is 15.9 Å². The average Bonchev–Trinajstić information content (AvgIpc) is 3.40. The molecular formula is C23H20Br2FN7O3. The van der Waals surface area contributed by atoms with E-state index in [9.17, 15) is 14.5 Å². The molecule has 186 valence electrons. The summed E-state index contributed by atoms with van der Waals surface area (Å²) >= 11 is 6.92. The molecule has 1 aromatic carbocycles. The van der Waals surface area contributed by atoms with Crippen molar-refractivity contribution in [2.24, 2.45) is 0 Å². The Morgan fingerprint density at radius 2 is 2.03 bits per heavy atom. The summed E-state index contributed by atoms with van der Waals surface area (Å²) in [4.78, 5) is 19.0. The highest BCUT2D eigenvalue weighted by atomic mass is 79.9. The molecule has 1 atom stereocenters. The Bertz CT molecular complexity index is 1440. The molecule has 1 aliphatic carbocycles. The molecule has 0 saturated heterocycles. The van der Waals surface area contributed by atoms with Crippen LogP contribution in [-0.2, 0) is 6.54 Å². The Morgan fingerprint density at radius 1 is 1.22 bits per heavy atom. The van der Waals surface area contributed by atoms with E-state index in [2.05, 4.69) is 52.0 Å². The zero-order valence-electron chi connectivity index (χ0n) is 19.0. The first-order valence-corrected chi connectivity index (χ1v) is 12.8. The second kappa shape index (κ2) is 10.1. The smallest absolute Gasteiger partial charge is 0.406 e. The van der Waals surface area contributed by atoms with Gasteiger partial charge in [-0.25, -0.2) is 14.1 Å². The molecule has 0 aliphatic heterocycles. The number of hydrogen-bond donors (Lipinski definition) is 0. The molecule has 1 unspecified atom stereocenters. The van der Waals surface area contributed by atoms with E-state index in [-0.39, 0.29) is 5.75 Å². The van der Waals surface area contributed by atoms with Crippen molar-refractivity contribution in [3.8, 4) is 17.1 Å².